The first-order valence-electron chi connectivity index (χ1n) is 5.08. The van der Waals surface area contributed by atoms with Crippen LogP contribution in [0.4, 0.5) is 5.82 Å². The molecule has 4 heteroatoms. The summed E-state index contributed by atoms with van der Waals surface area (Å²) in [7, 11) is 5.67. The highest BCUT2D eigenvalue weighted by molar-refractivity contribution is 5.45. The van der Waals surface area contributed by atoms with Gasteiger partial charge in [-0.05, 0) is 13.1 Å². The molecule has 0 unspecified atom stereocenters. The smallest absolute Gasteiger partial charge is 0.132 e. The molecule has 0 amide bonds. The van der Waals surface area contributed by atoms with Gasteiger partial charge in [0.1, 0.15) is 5.82 Å². The van der Waals surface area contributed by atoms with Crippen LogP contribution in [0.25, 0.3) is 0 Å². The van der Waals surface area contributed by atoms with Gasteiger partial charge in [0.25, 0.3) is 0 Å². The standard InChI is InChI=1S/C11H19N3O/c1-12-9-10-5-4-6-13-11(10)14(2)7-8-15-3/h4-6,12H,7-9H2,1-3H3. The topological polar surface area (TPSA) is 37.4 Å². The number of hydrogen-bond donors (Lipinski definition) is 1. The second-order valence-electron chi connectivity index (χ2n) is 3.43. The van der Waals surface area contributed by atoms with Crippen LogP contribution < -0.4 is 10.2 Å². The lowest BCUT2D eigenvalue weighted by molar-refractivity contribution is 0.206. The number of hydrogen-bond acceptors (Lipinski definition) is 4. The van der Waals surface area contributed by atoms with Gasteiger partial charge in [0.05, 0.1) is 6.61 Å². The molecule has 15 heavy (non-hydrogen) atoms. The predicted molar refractivity (Wildman–Crippen MR) is 62.1 cm³/mol. The van der Waals surface area contributed by atoms with E-state index in [9.17, 15) is 0 Å². The first kappa shape index (κ1) is 11.9. The molecule has 0 aliphatic heterocycles. The van der Waals surface area contributed by atoms with Gasteiger partial charge in [-0.2, -0.15) is 0 Å². The van der Waals surface area contributed by atoms with Crippen molar-refractivity contribution in [2.75, 3.05) is 39.3 Å². The molecular weight excluding hydrogens is 190 g/mol. The highest BCUT2D eigenvalue weighted by atomic mass is 16.5. The number of rotatable bonds is 6. The minimum Gasteiger partial charge on any atom is -0.383 e. The predicted octanol–water partition coefficient (Wildman–Crippen LogP) is 0.884. The van der Waals surface area contributed by atoms with E-state index in [2.05, 4.69) is 21.3 Å². The first-order valence-corrected chi connectivity index (χ1v) is 5.08. The summed E-state index contributed by atoms with van der Waals surface area (Å²) in [6.07, 6.45) is 1.82. The molecule has 0 radical (unpaired) electrons. The van der Waals surface area contributed by atoms with E-state index in [4.69, 9.17) is 4.74 Å². The van der Waals surface area contributed by atoms with Gasteiger partial charge in [-0.3, -0.25) is 0 Å². The van der Waals surface area contributed by atoms with Gasteiger partial charge in [0.15, 0.2) is 0 Å². The molecule has 1 N–H and O–H groups in total. The summed E-state index contributed by atoms with van der Waals surface area (Å²) in [5, 5.41) is 3.14. The van der Waals surface area contributed by atoms with Crippen LogP contribution in [-0.2, 0) is 11.3 Å². The van der Waals surface area contributed by atoms with Crippen molar-refractivity contribution in [1.82, 2.24) is 10.3 Å². The number of aromatic nitrogens is 1. The number of likely N-dealkylation sites (N-methyl/N-ethyl adjacent to an activating group) is 1. The van der Waals surface area contributed by atoms with E-state index in [1.165, 1.54) is 5.56 Å². The Kier molecular flexibility index (Phi) is 5.07. The molecule has 0 spiro atoms. The Balaban J connectivity index is 2.72. The second-order valence-corrected chi connectivity index (χ2v) is 3.43. The van der Waals surface area contributed by atoms with E-state index in [1.807, 2.05) is 26.4 Å². The highest BCUT2D eigenvalue weighted by Gasteiger charge is 2.06. The van der Waals surface area contributed by atoms with Crippen molar-refractivity contribution in [3.05, 3.63) is 23.9 Å². The monoisotopic (exact) mass is 209 g/mol. The van der Waals surface area contributed by atoms with Crippen molar-refractivity contribution in [3.63, 3.8) is 0 Å². The van der Waals surface area contributed by atoms with Gasteiger partial charge >= 0.3 is 0 Å². The average Bonchev–Trinajstić information content (AvgIpc) is 2.27. The summed E-state index contributed by atoms with van der Waals surface area (Å²) in [5.74, 6) is 1.02. The lowest BCUT2D eigenvalue weighted by atomic mass is 10.2. The van der Waals surface area contributed by atoms with Crippen LogP contribution in [0, 0.1) is 0 Å². The molecule has 1 aromatic heterocycles. The Morgan fingerprint density at radius 1 is 1.53 bits per heavy atom. The Morgan fingerprint density at radius 3 is 3.00 bits per heavy atom. The highest BCUT2D eigenvalue weighted by Crippen LogP contribution is 2.14. The van der Waals surface area contributed by atoms with E-state index in [-0.39, 0.29) is 0 Å². The van der Waals surface area contributed by atoms with Gasteiger partial charge in [0.2, 0.25) is 0 Å². The molecule has 0 aliphatic rings. The van der Waals surface area contributed by atoms with Gasteiger partial charge in [-0.1, -0.05) is 6.07 Å². The van der Waals surface area contributed by atoms with Crippen LogP contribution in [0.2, 0.25) is 0 Å². The van der Waals surface area contributed by atoms with Crippen molar-refractivity contribution in [2.45, 2.75) is 6.54 Å². The van der Waals surface area contributed by atoms with E-state index < -0.39 is 0 Å². The summed E-state index contributed by atoms with van der Waals surface area (Å²) in [4.78, 5) is 6.49. The molecule has 1 rings (SSSR count). The summed E-state index contributed by atoms with van der Waals surface area (Å²) < 4.78 is 5.05. The maximum Gasteiger partial charge on any atom is 0.132 e. The Labute approximate surface area is 91.3 Å². The van der Waals surface area contributed by atoms with E-state index in [0.29, 0.717) is 6.61 Å². The SMILES string of the molecule is CNCc1cccnc1N(C)CCOC. The number of methoxy groups -OCH3 is 1. The number of ether oxygens (including phenoxy) is 1. The molecule has 4 nitrogen and oxygen atoms in total. The zero-order valence-corrected chi connectivity index (χ0v) is 9.66. The molecule has 0 atom stereocenters. The van der Waals surface area contributed by atoms with Gasteiger partial charge in [-0.25, -0.2) is 4.98 Å². The Bertz CT molecular complexity index is 291. The summed E-state index contributed by atoms with van der Waals surface area (Å²) in [6, 6.07) is 4.04. The average molecular weight is 209 g/mol. The lowest BCUT2D eigenvalue weighted by Gasteiger charge is -2.20. The number of nitrogens with one attached hydrogen (secondary N) is 1. The van der Waals surface area contributed by atoms with E-state index in [0.717, 1.165) is 18.9 Å². The zero-order chi connectivity index (χ0) is 11.1. The van der Waals surface area contributed by atoms with Gasteiger partial charge in [-0.15, -0.1) is 0 Å². The second kappa shape index (κ2) is 6.37. The van der Waals surface area contributed by atoms with Gasteiger partial charge in [0, 0.05) is 39.0 Å². The van der Waals surface area contributed by atoms with Crippen molar-refractivity contribution in [3.8, 4) is 0 Å². The molecular formula is C11H19N3O. The molecule has 0 fully saturated rings. The summed E-state index contributed by atoms with van der Waals surface area (Å²) >= 11 is 0. The normalized spacial score (nSPS) is 10.3. The number of pyridine rings is 1. The molecule has 0 aromatic carbocycles. The van der Waals surface area contributed by atoms with Crippen molar-refractivity contribution >= 4 is 5.82 Å². The van der Waals surface area contributed by atoms with Crippen LogP contribution in [0.5, 0.6) is 0 Å². The van der Waals surface area contributed by atoms with Crippen molar-refractivity contribution < 1.29 is 4.74 Å². The van der Waals surface area contributed by atoms with Crippen LogP contribution in [0.3, 0.4) is 0 Å². The zero-order valence-electron chi connectivity index (χ0n) is 9.66. The third-order valence-electron chi connectivity index (χ3n) is 2.23. The fraction of sp³-hybridized carbons (Fsp3) is 0.545. The molecule has 0 saturated carbocycles. The molecule has 0 aliphatic carbocycles. The maximum absolute atomic E-state index is 5.05. The Hall–Kier alpha value is -1.13. The third-order valence-corrected chi connectivity index (χ3v) is 2.23. The largest absolute Gasteiger partial charge is 0.383 e. The van der Waals surface area contributed by atoms with Crippen LogP contribution in [0.15, 0.2) is 18.3 Å². The first-order chi connectivity index (χ1) is 7.29. The fourth-order valence-electron chi connectivity index (χ4n) is 1.44. The minimum atomic E-state index is 0.714. The molecule has 0 bridgehead atoms. The minimum absolute atomic E-state index is 0.714. The van der Waals surface area contributed by atoms with E-state index in [1.54, 1.807) is 7.11 Å². The fourth-order valence-corrected chi connectivity index (χ4v) is 1.44. The van der Waals surface area contributed by atoms with Crippen LogP contribution in [0.1, 0.15) is 5.56 Å². The lowest BCUT2D eigenvalue weighted by Crippen LogP contribution is -2.25. The van der Waals surface area contributed by atoms with Gasteiger partial charge < -0.3 is 15.0 Å². The van der Waals surface area contributed by atoms with Crippen LogP contribution >= 0.6 is 0 Å². The van der Waals surface area contributed by atoms with Crippen molar-refractivity contribution in [1.29, 1.82) is 0 Å². The van der Waals surface area contributed by atoms with Crippen molar-refractivity contribution in [2.24, 2.45) is 0 Å². The maximum atomic E-state index is 5.05. The summed E-state index contributed by atoms with van der Waals surface area (Å²) in [6.45, 7) is 2.40. The Morgan fingerprint density at radius 2 is 2.33 bits per heavy atom. The quantitative estimate of drug-likeness (QED) is 0.755. The molecule has 84 valence electrons. The summed E-state index contributed by atoms with van der Waals surface area (Å²) in [5.41, 5.74) is 1.21. The number of anilines is 1. The third kappa shape index (κ3) is 3.49. The molecule has 0 saturated heterocycles. The van der Waals surface area contributed by atoms with Crippen LogP contribution in [-0.4, -0.2) is 39.3 Å². The molecule has 1 heterocycles. The number of nitrogens with zero attached hydrogens (tertiary/aromatic N) is 2. The van der Waals surface area contributed by atoms with E-state index >= 15 is 0 Å². The molecule has 1 aromatic rings.